The van der Waals surface area contributed by atoms with Crippen LogP contribution in [0.25, 0.3) is 0 Å². The molecule has 0 aromatic carbocycles. The molecule has 1 saturated heterocycles. The third-order valence-electron chi connectivity index (χ3n) is 2.08. The number of halogens is 3. The minimum atomic E-state index is -4.49. The summed E-state index contributed by atoms with van der Waals surface area (Å²) in [6.07, 6.45) is -5.87. The average Bonchev–Trinajstić information content (AvgIpc) is 2.15. The second-order valence-electron chi connectivity index (χ2n) is 3.76. The normalized spacial score (nSPS) is 22.4. The highest BCUT2D eigenvalue weighted by molar-refractivity contribution is 5.68. The largest absolute Gasteiger partial charge is 0.447 e. The van der Waals surface area contributed by atoms with Gasteiger partial charge in [-0.2, -0.15) is 13.2 Å². The summed E-state index contributed by atoms with van der Waals surface area (Å²) in [5.74, 6) is 0. The van der Waals surface area contributed by atoms with Crippen molar-refractivity contribution in [2.45, 2.75) is 32.2 Å². The van der Waals surface area contributed by atoms with Crippen molar-refractivity contribution >= 4 is 6.09 Å². The van der Waals surface area contributed by atoms with E-state index in [0.717, 1.165) is 0 Å². The van der Waals surface area contributed by atoms with Gasteiger partial charge in [-0.3, -0.25) is 4.90 Å². The van der Waals surface area contributed by atoms with Gasteiger partial charge in [0, 0.05) is 6.54 Å². The highest BCUT2D eigenvalue weighted by Crippen LogP contribution is 2.27. The van der Waals surface area contributed by atoms with Crippen molar-refractivity contribution in [3.8, 4) is 0 Å². The quantitative estimate of drug-likeness (QED) is 0.702. The predicted octanol–water partition coefficient (Wildman–Crippen LogP) is 1.79. The van der Waals surface area contributed by atoms with E-state index in [1.807, 2.05) is 0 Å². The van der Waals surface area contributed by atoms with Crippen LogP contribution in [0.3, 0.4) is 0 Å². The number of hydrogen-bond donors (Lipinski definition) is 0. The van der Waals surface area contributed by atoms with Crippen LogP contribution >= 0.6 is 0 Å². The average molecular weight is 241 g/mol. The molecule has 1 amide bonds. The van der Waals surface area contributed by atoms with Gasteiger partial charge in [-0.25, -0.2) is 4.79 Å². The van der Waals surface area contributed by atoms with E-state index in [1.165, 1.54) is 0 Å². The third kappa shape index (κ3) is 3.26. The molecule has 0 bridgehead atoms. The van der Waals surface area contributed by atoms with Crippen molar-refractivity contribution in [3.05, 3.63) is 0 Å². The summed E-state index contributed by atoms with van der Waals surface area (Å²) in [6.45, 7) is 2.63. The highest BCUT2D eigenvalue weighted by Gasteiger charge is 2.47. The standard InChI is InChI=1S/C9H14F3NO3/c1-6(2)16-8(14)13-3-4-15-5-7(13)9(10,11)12/h6-7H,3-5H2,1-2H3/t7-/m1/s1. The number of alkyl halides is 3. The van der Waals surface area contributed by atoms with Gasteiger partial charge in [-0.05, 0) is 13.8 Å². The van der Waals surface area contributed by atoms with Crippen molar-refractivity contribution in [1.82, 2.24) is 4.90 Å². The number of rotatable bonds is 1. The Hall–Kier alpha value is -0.980. The summed E-state index contributed by atoms with van der Waals surface area (Å²) in [5.41, 5.74) is 0. The van der Waals surface area contributed by atoms with E-state index in [0.29, 0.717) is 4.90 Å². The van der Waals surface area contributed by atoms with E-state index >= 15 is 0 Å². The molecule has 4 nitrogen and oxygen atoms in total. The van der Waals surface area contributed by atoms with Crippen molar-refractivity contribution < 1.29 is 27.4 Å². The van der Waals surface area contributed by atoms with Gasteiger partial charge < -0.3 is 9.47 Å². The second kappa shape index (κ2) is 4.90. The van der Waals surface area contributed by atoms with E-state index in [2.05, 4.69) is 0 Å². The lowest BCUT2D eigenvalue weighted by atomic mass is 10.2. The van der Waals surface area contributed by atoms with Crippen molar-refractivity contribution in [2.24, 2.45) is 0 Å². The first-order valence-corrected chi connectivity index (χ1v) is 4.94. The topological polar surface area (TPSA) is 38.8 Å². The molecule has 1 fully saturated rings. The first-order valence-electron chi connectivity index (χ1n) is 4.94. The van der Waals surface area contributed by atoms with Crippen LogP contribution in [-0.2, 0) is 9.47 Å². The monoisotopic (exact) mass is 241 g/mol. The highest BCUT2D eigenvalue weighted by atomic mass is 19.4. The van der Waals surface area contributed by atoms with Crippen LogP contribution in [0.2, 0.25) is 0 Å². The lowest BCUT2D eigenvalue weighted by Crippen LogP contribution is -2.56. The Balaban J connectivity index is 2.70. The number of ether oxygens (including phenoxy) is 2. The predicted molar refractivity (Wildman–Crippen MR) is 49.0 cm³/mol. The SMILES string of the molecule is CC(C)OC(=O)N1CCOC[C@@H]1C(F)(F)F. The Bertz CT molecular complexity index is 255. The summed E-state index contributed by atoms with van der Waals surface area (Å²) >= 11 is 0. The second-order valence-corrected chi connectivity index (χ2v) is 3.76. The van der Waals surface area contributed by atoms with Crippen LogP contribution in [0.1, 0.15) is 13.8 Å². The lowest BCUT2D eigenvalue weighted by molar-refractivity contribution is -0.205. The molecule has 1 heterocycles. The Morgan fingerprint density at radius 2 is 2.12 bits per heavy atom. The van der Waals surface area contributed by atoms with Crippen LogP contribution in [0.4, 0.5) is 18.0 Å². The molecule has 1 rings (SSSR count). The Morgan fingerprint density at radius 3 is 2.62 bits per heavy atom. The van der Waals surface area contributed by atoms with Gasteiger partial charge >= 0.3 is 12.3 Å². The lowest BCUT2D eigenvalue weighted by Gasteiger charge is -2.35. The maximum atomic E-state index is 12.6. The van der Waals surface area contributed by atoms with Crippen LogP contribution in [0.15, 0.2) is 0 Å². The molecule has 1 aliphatic heterocycles. The number of amides is 1. The fourth-order valence-corrected chi connectivity index (χ4v) is 1.36. The third-order valence-corrected chi connectivity index (χ3v) is 2.08. The number of morpholine rings is 1. The van der Waals surface area contributed by atoms with Crippen LogP contribution in [0, 0.1) is 0 Å². The molecule has 0 aromatic rings. The molecule has 0 N–H and O–H groups in total. The zero-order chi connectivity index (χ0) is 12.3. The number of carbonyl (C=O) groups excluding carboxylic acids is 1. The van der Waals surface area contributed by atoms with Crippen molar-refractivity contribution in [3.63, 3.8) is 0 Å². The number of nitrogens with zero attached hydrogens (tertiary/aromatic N) is 1. The summed E-state index contributed by atoms with van der Waals surface area (Å²) in [7, 11) is 0. The van der Waals surface area contributed by atoms with Crippen molar-refractivity contribution in [2.75, 3.05) is 19.8 Å². The fourth-order valence-electron chi connectivity index (χ4n) is 1.36. The Morgan fingerprint density at radius 1 is 1.50 bits per heavy atom. The van der Waals surface area contributed by atoms with Gasteiger partial charge in [-0.1, -0.05) is 0 Å². The molecular weight excluding hydrogens is 227 g/mol. The molecule has 0 radical (unpaired) electrons. The van der Waals surface area contributed by atoms with Gasteiger partial charge in [0.15, 0.2) is 6.04 Å². The maximum absolute atomic E-state index is 12.6. The maximum Gasteiger partial charge on any atom is 0.411 e. The molecule has 0 aliphatic carbocycles. The smallest absolute Gasteiger partial charge is 0.411 e. The minimum Gasteiger partial charge on any atom is -0.447 e. The van der Waals surface area contributed by atoms with Crippen LogP contribution < -0.4 is 0 Å². The Labute approximate surface area is 91.3 Å². The molecule has 16 heavy (non-hydrogen) atoms. The van der Waals surface area contributed by atoms with E-state index in [9.17, 15) is 18.0 Å². The molecule has 7 heteroatoms. The summed E-state index contributed by atoms with van der Waals surface area (Å²) in [5, 5.41) is 0. The zero-order valence-corrected chi connectivity index (χ0v) is 9.08. The summed E-state index contributed by atoms with van der Waals surface area (Å²) in [4.78, 5) is 12.1. The summed E-state index contributed by atoms with van der Waals surface area (Å²) in [6, 6.07) is -1.91. The minimum absolute atomic E-state index is 0.0970. The first kappa shape index (κ1) is 13.1. The van der Waals surface area contributed by atoms with Gasteiger partial charge in [0.25, 0.3) is 0 Å². The van der Waals surface area contributed by atoms with Gasteiger partial charge in [0.2, 0.25) is 0 Å². The fraction of sp³-hybridized carbons (Fsp3) is 0.889. The zero-order valence-electron chi connectivity index (χ0n) is 9.08. The van der Waals surface area contributed by atoms with E-state index < -0.39 is 31.0 Å². The number of hydrogen-bond acceptors (Lipinski definition) is 3. The molecular formula is C9H14F3NO3. The first-order chi connectivity index (χ1) is 7.32. The van der Waals surface area contributed by atoms with E-state index in [1.54, 1.807) is 13.8 Å². The summed E-state index contributed by atoms with van der Waals surface area (Å²) < 4.78 is 47.2. The van der Waals surface area contributed by atoms with Gasteiger partial charge in [-0.15, -0.1) is 0 Å². The number of carbonyl (C=O) groups is 1. The molecule has 0 saturated carbocycles. The Kier molecular flexibility index (Phi) is 4.01. The molecule has 94 valence electrons. The van der Waals surface area contributed by atoms with Gasteiger partial charge in [0.05, 0.1) is 19.3 Å². The molecule has 0 spiro atoms. The molecule has 0 aromatic heterocycles. The van der Waals surface area contributed by atoms with Gasteiger partial charge in [0.1, 0.15) is 0 Å². The molecule has 0 unspecified atom stereocenters. The van der Waals surface area contributed by atoms with Crippen molar-refractivity contribution in [1.29, 1.82) is 0 Å². The van der Waals surface area contributed by atoms with E-state index in [-0.39, 0.29) is 13.2 Å². The molecule has 1 aliphatic rings. The van der Waals surface area contributed by atoms with E-state index in [4.69, 9.17) is 9.47 Å². The van der Waals surface area contributed by atoms with Crippen LogP contribution in [0.5, 0.6) is 0 Å². The van der Waals surface area contributed by atoms with Crippen LogP contribution in [-0.4, -0.2) is 49.1 Å². The molecule has 1 atom stereocenters.